The molecule has 0 saturated heterocycles. The van der Waals surface area contributed by atoms with E-state index in [0.29, 0.717) is 0 Å². The van der Waals surface area contributed by atoms with E-state index in [1.807, 2.05) is 17.5 Å². The fourth-order valence-electron chi connectivity index (χ4n) is 5.46. The Hall–Kier alpha value is -2.71. The second kappa shape index (κ2) is 6.17. The molecule has 1 nitrogen and oxygen atoms in total. The van der Waals surface area contributed by atoms with E-state index in [4.69, 9.17) is 4.98 Å². The zero-order chi connectivity index (χ0) is 21.7. The molecule has 31 heavy (non-hydrogen) atoms. The van der Waals surface area contributed by atoms with Gasteiger partial charge in [-0.1, -0.05) is 39.0 Å². The first-order chi connectivity index (χ1) is 14.7. The Morgan fingerprint density at radius 1 is 0.774 bits per heavy atom. The predicted molar refractivity (Wildman–Crippen MR) is 138 cm³/mol. The molecule has 0 aliphatic carbocycles. The largest absolute Gasteiger partial charge is 0.256 e. The third kappa shape index (κ3) is 2.58. The van der Waals surface area contributed by atoms with E-state index in [1.165, 1.54) is 69.4 Å². The van der Waals surface area contributed by atoms with Gasteiger partial charge in [0.25, 0.3) is 0 Å². The number of rotatable bonds is 1. The van der Waals surface area contributed by atoms with Crippen LogP contribution in [-0.2, 0) is 6.42 Å². The van der Waals surface area contributed by atoms with Gasteiger partial charge in [-0.3, -0.25) is 4.98 Å². The van der Waals surface area contributed by atoms with Gasteiger partial charge in [0.05, 0.1) is 5.52 Å². The molecule has 6 rings (SSSR count). The van der Waals surface area contributed by atoms with Crippen LogP contribution in [-0.4, -0.2) is 4.98 Å². The minimum absolute atomic E-state index is 0.233. The molecular weight excluding hydrogens is 394 g/mol. The second-order valence-corrected chi connectivity index (χ2v) is 11.6. The SMILES string of the molecule is Cc1sc2cc3c(cc2c1C)c1cccc2c(CC(C)(C)C)c(C)c4ccnc3c4c21. The van der Waals surface area contributed by atoms with Gasteiger partial charge >= 0.3 is 0 Å². The van der Waals surface area contributed by atoms with Crippen LogP contribution in [0, 0.1) is 26.2 Å². The van der Waals surface area contributed by atoms with Crippen LogP contribution in [0.25, 0.3) is 53.3 Å². The van der Waals surface area contributed by atoms with Crippen molar-refractivity contribution in [3.63, 3.8) is 0 Å². The van der Waals surface area contributed by atoms with Crippen molar-refractivity contribution >= 4 is 64.6 Å². The highest BCUT2D eigenvalue weighted by molar-refractivity contribution is 7.19. The molecule has 0 aliphatic rings. The fraction of sp³-hybridized carbons (Fsp3) is 0.276. The van der Waals surface area contributed by atoms with Gasteiger partial charge in [0.2, 0.25) is 0 Å². The maximum Gasteiger partial charge on any atom is 0.0793 e. The Balaban J connectivity index is 1.92. The van der Waals surface area contributed by atoms with Crippen molar-refractivity contribution in [2.24, 2.45) is 5.41 Å². The summed E-state index contributed by atoms with van der Waals surface area (Å²) in [6.45, 7) is 13.8. The first-order valence-corrected chi connectivity index (χ1v) is 11.9. The van der Waals surface area contributed by atoms with Gasteiger partial charge in [-0.2, -0.15) is 0 Å². The van der Waals surface area contributed by atoms with E-state index in [0.717, 1.165) is 11.9 Å². The van der Waals surface area contributed by atoms with Gasteiger partial charge in [0, 0.05) is 26.5 Å². The van der Waals surface area contributed by atoms with Crippen molar-refractivity contribution in [3.8, 4) is 0 Å². The summed E-state index contributed by atoms with van der Waals surface area (Å²) in [5.74, 6) is 0. The van der Waals surface area contributed by atoms with Gasteiger partial charge in [-0.15, -0.1) is 11.3 Å². The molecule has 0 spiro atoms. The van der Waals surface area contributed by atoms with Crippen LogP contribution in [0.1, 0.15) is 42.3 Å². The van der Waals surface area contributed by atoms with Crippen molar-refractivity contribution in [1.82, 2.24) is 4.98 Å². The summed E-state index contributed by atoms with van der Waals surface area (Å²) in [5.41, 5.74) is 5.68. The summed E-state index contributed by atoms with van der Waals surface area (Å²) in [4.78, 5) is 6.35. The highest BCUT2D eigenvalue weighted by Crippen LogP contribution is 2.45. The summed E-state index contributed by atoms with van der Waals surface area (Å²) in [5, 5.41) is 10.8. The summed E-state index contributed by atoms with van der Waals surface area (Å²) in [6, 6.07) is 13.9. The van der Waals surface area contributed by atoms with Crippen LogP contribution in [0.5, 0.6) is 0 Å². The van der Waals surface area contributed by atoms with Crippen molar-refractivity contribution < 1.29 is 0 Å². The van der Waals surface area contributed by atoms with Crippen molar-refractivity contribution in [3.05, 3.63) is 64.2 Å². The maximum atomic E-state index is 4.95. The lowest BCUT2D eigenvalue weighted by atomic mass is 9.80. The smallest absolute Gasteiger partial charge is 0.0793 e. The van der Waals surface area contributed by atoms with Crippen molar-refractivity contribution in [1.29, 1.82) is 0 Å². The molecule has 0 unspecified atom stereocenters. The van der Waals surface area contributed by atoms with E-state index in [2.05, 4.69) is 77.9 Å². The molecule has 0 fully saturated rings. The number of hydrogen-bond acceptors (Lipinski definition) is 2. The number of pyridine rings is 1. The number of nitrogens with zero attached hydrogens (tertiary/aromatic N) is 1. The molecule has 154 valence electrons. The average molecular weight is 422 g/mol. The number of thiophene rings is 1. The molecule has 6 aromatic rings. The van der Waals surface area contributed by atoms with E-state index >= 15 is 0 Å². The molecule has 4 aromatic carbocycles. The Bertz CT molecular complexity index is 1660. The zero-order valence-corrected chi connectivity index (χ0v) is 19.9. The second-order valence-electron chi connectivity index (χ2n) is 10.3. The number of benzene rings is 4. The first-order valence-electron chi connectivity index (χ1n) is 11.1. The van der Waals surface area contributed by atoms with Crippen molar-refractivity contribution in [2.75, 3.05) is 0 Å². The molecule has 0 saturated carbocycles. The number of hydrogen-bond donors (Lipinski definition) is 0. The van der Waals surface area contributed by atoms with E-state index in [1.54, 1.807) is 0 Å². The molecule has 2 aromatic heterocycles. The number of fused-ring (bicyclic) bond motifs is 4. The van der Waals surface area contributed by atoms with Crippen LogP contribution in [0.2, 0.25) is 0 Å². The van der Waals surface area contributed by atoms with Gasteiger partial charge < -0.3 is 0 Å². The molecule has 0 aliphatic heterocycles. The van der Waals surface area contributed by atoms with Gasteiger partial charge in [-0.25, -0.2) is 0 Å². The molecule has 2 heterocycles. The summed E-state index contributed by atoms with van der Waals surface area (Å²) in [7, 11) is 0. The van der Waals surface area contributed by atoms with Crippen LogP contribution in [0.4, 0.5) is 0 Å². The number of aryl methyl sites for hydroxylation is 3. The first kappa shape index (κ1) is 19.0. The minimum Gasteiger partial charge on any atom is -0.256 e. The van der Waals surface area contributed by atoms with Gasteiger partial charge in [0.1, 0.15) is 0 Å². The molecule has 0 N–H and O–H groups in total. The fourth-order valence-corrected chi connectivity index (χ4v) is 6.55. The van der Waals surface area contributed by atoms with Crippen LogP contribution in [0.15, 0.2) is 42.6 Å². The average Bonchev–Trinajstić information content (AvgIpc) is 3.01. The highest BCUT2D eigenvalue weighted by atomic mass is 32.1. The molecule has 0 amide bonds. The lowest BCUT2D eigenvalue weighted by Crippen LogP contribution is -2.11. The molecule has 0 bridgehead atoms. The Morgan fingerprint density at radius 3 is 2.32 bits per heavy atom. The lowest BCUT2D eigenvalue weighted by molar-refractivity contribution is 0.412. The third-order valence-corrected chi connectivity index (χ3v) is 8.18. The predicted octanol–water partition coefficient (Wildman–Crippen LogP) is 8.86. The molecule has 2 heteroatoms. The van der Waals surface area contributed by atoms with Crippen LogP contribution < -0.4 is 0 Å². The summed E-state index contributed by atoms with van der Waals surface area (Å²) < 4.78 is 1.37. The topological polar surface area (TPSA) is 12.9 Å². The Labute approximate surface area is 187 Å². The highest BCUT2D eigenvalue weighted by Gasteiger charge is 2.22. The van der Waals surface area contributed by atoms with Crippen LogP contribution >= 0.6 is 11.3 Å². The third-order valence-electron chi connectivity index (χ3n) is 7.01. The maximum absolute atomic E-state index is 4.95. The van der Waals surface area contributed by atoms with E-state index in [-0.39, 0.29) is 5.41 Å². The van der Waals surface area contributed by atoms with E-state index in [9.17, 15) is 0 Å². The standard InChI is InChI=1S/C29H27NS/c1-15-17(3)31-25-13-23-22(12-21(15)25)19-8-7-9-20-24(14-29(4,5)6)16(2)18-10-11-30-28(23)27(18)26(19)20/h7-13H,14H2,1-6H3. The van der Waals surface area contributed by atoms with E-state index < -0.39 is 0 Å². The van der Waals surface area contributed by atoms with Crippen molar-refractivity contribution in [2.45, 2.75) is 48.0 Å². The Kier molecular flexibility index (Phi) is 3.78. The summed E-state index contributed by atoms with van der Waals surface area (Å²) >= 11 is 1.90. The zero-order valence-electron chi connectivity index (χ0n) is 19.1. The van der Waals surface area contributed by atoms with Crippen LogP contribution in [0.3, 0.4) is 0 Å². The Morgan fingerprint density at radius 2 is 1.55 bits per heavy atom. The monoisotopic (exact) mass is 421 g/mol. The summed E-state index contributed by atoms with van der Waals surface area (Å²) in [6.07, 6.45) is 3.07. The number of aromatic nitrogens is 1. The quantitative estimate of drug-likeness (QED) is 0.191. The normalized spacial score (nSPS) is 13.0. The van der Waals surface area contributed by atoms with Gasteiger partial charge in [-0.05, 0) is 99.8 Å². The molecule has 0 radical (unpaired) electrons. The van der Waals surface area contributed by atoms with Gasteiger partial charge in [0.15, 0.2) is 0 Å². The molecular formula is C29H27NS. The minimum atomic E-state index is 0.233. The molecule has 0 atom stereocenters. The lowest BCUT2D eigenvalue weighted by Gasteiger charge is -2.24.